The second-order valence-corrected chi connectivity index (χ2v) is 10.8. The number of amides is 3. The molecule has 0 bridgehead atoms. The lowest BCUT2D eigenvalue weighted by Crippen LogP contribution is -2.55. The van der Waals surface area contributed by atoms with E-state index < -0.39 is 36.7 Å². The fraction of sp³-hybridized carbons (Fsp3) is 0.571. The van der Waals surface area contributed by atoms with Gasteiger partial charge in [0.1, 0.15) is 18.2 Å². The summed E-state index contributed by atoms with van der Waals surface area (Å²) in [5, 5.41) is 31.6. The van der Waals surface area contributed by atoms with Crippen molar-refractivity contribution in [1.82, 2.24) is 20.0 Å². The summed E-state index contributed by atoms with van der Waals surface area (Å²) in [6.45, 7) is 6.34. The van der Waals surface area contributed by atoms with E-state index in [4.69, 9.17) is 9.47 Å². The first kappa shape index (κ1) is 31.9. The number of likely N-dealkylation sites (tertiary alicyclic amines) is 1. The van der Waals surface area contributed by atoms with Crippen LogP contribution >= 0.6 is 0 Å². The van der Waals surface area contributed by atoms with Gasteiger partial charge in [0.05, 0.1) is 19.2 Å². The van der Waals surface area contributed by atoms with Crippen LogP contribution in [0.25, 0.3) is 0 Å². The van der Waals surface area contributed by atoms with Gasteiger partial charge in [-0.1, -0.05) is 30.3 Å². The number of nitriles is 1. The number of benzene rings is 1. The third kappa shape index (κ3) is 8.95. The molecule has 0 spiro atoms. The Morgan fingerprint density at radius 1 is 1.15 bits per heavy atom. The number of ether oxygens (including phenoxy) is 2. The quantitative estimate of drug-likeness (QED) is 0.230. The molecule has 222 valence electrons. The summed E-state index contributed by atoms with van der Waals surface area (Å²) in [7, 11) is -0.272. The van der Waals surface area contributed by atoms with Gasteiger partial charge in [0.2, 0.25) is 0 Å². The summed E-state index contributed by atoms with van der Waals surface area (Å²) >= 11 is 0. The van der Waals surface area contributed by atoms with Gasteiger partial charge >= 0.3 is 19.3 Å². The number of carbonyl (C=O) groups excluding carboxylic acids is 3. The van der Waals surface area contributed by atoms with E-state index in [1.54, 1.807) is 40.1 Å². The van der Waals surface area contributed by atoms with Gasteiger partial charge in [-0.2, -0.15) is 5.26 Å². The zero-order valence-corrected chi connectivity index (χ0v) is 24.0. The molecule has 3 rings (SSSR count). The summed E-state index contributed by atoms with van der Waals surface area (Å²) in [5.74, 6) is -0.409. The van der Waals surface area contributed by atoms with Crippen molar-refractivity contribution in [1.29, 1.82) is 5.26 Å². The highest BCUT2D eigenvalue weighted by molar-refractivity contribution is 6.41. The fourth-order valence-electron chi connectivity index (χ4n) is 5.31. The molecule has 2 aliphatic rings. The SMILES string of the molecule is COC(=O)N1CCN(C(C)(C)C=C(C#N)C(=O)N2CCCC[C@@H]2COC(=O)N[C@H](CB(O)O)c2ccccc2)CC1. The number of piperidine rings is 1. The molecular formula is C28H40BN5O7. The molecule has 2 heterocycles. The summed E-state index contributed by atoms with van der Waals surface area (Å²) in [6, 6.07) is 9.93. The molecule has 41 heavy (non-hydrogen) atoms. The number of nitrogens with one attached hydrogen (secondary N) is 1. The van der Waals surface area contributed by atoms with Crippen LogP contribution in [0.4, 0.5) is 9.59 Å². The van der Waals surface area contributed by atoms with E-state index in [1.807, 2.05) is 19.9 Å². The molecule has 0 aromatic heterocycles. The Kier molecular flexibility index (Phi) is 11.6. The molecule has 2 aliphatic heterocycles. The number of carbonyl (C=O) groups is 3. The molecule has 3 N–H and O–H groups in total. The van der Waals surface area contributed by atoms with Gasteiger partial charge in [-0.3, -0.25) is 9.69 Å². The molecule has 12 nitrogen and oxygen atoms in total. The van der Waals surface area contributed by atoms with Gasteiger partial charge in [0.15, 0.2) is 0 Å². The zero-order valence-electron chi connectivity index (χ0n) is 24.0. The molecule has 0 saturated carbocycles. The number of methoxy groups -OCH3 is 1. The average Bonchev–Trinajstić information content (AvgIpc) is 2.98. The van der Waals surface area contributed by atoms with Gasteiger partial charge in [-0.05, 0) is 44.7 Å². The van der Waals surface area contributed by atoms with Crippen LogP contribution in [-0.2, 0) is 14.3 Å². The zero-order chi connectivity index (χ0) is 30.0. The molecule has 0 unspecified atom stereocenters. The van der Waals surface area contributed by atoms with Gasteiger partial charge in [-0.25, -0.2) is 9.59 Å². The Morgan fingerprint density at radius 3 is 2.44 bits per heavy atom. The van der Waals surface area contributed by atoms with E-state index in [-0.39, 0.29) is 24.6 Å². The number of alkyl carbamates (subject to hydrolysis) is 1. The summed E-state index contributed by atoms with van der Waals surface area (Å²) in [6.07, 6.45) is 2.69. The summed E-state index contributed by atoms with van der Waals surface area (Å²) in [5.41, 5.74) is 0.0990. The molecule has 0 radical (unpaired) electrons. The van der Waals surface area contributed by atoms with Crippen molar-refractivity contribution >= 4 is 25.2 Å². The van der Waals surface area contributed by atoms with Gasteiger partial charge in [0.25, 0.3) is 5.91 Å². The predicted octanol–water partition coefficient (Wildman–Crippen LogP) is 1.92. The minimum Gasteiger partial charge on any atom is -0.453 e. The molecule has 3 amide bonds. The van der Waals surface area contributed by atoms with Gasteiger partial charge in [0, 0.05) is 44.6 Å². The lowest BCUT2D eigenvalue weighted by molar-refractivity contribution is -0.131. The molecular weight excluding hydrogens is 529 g/mol. The monoisotopic (exact) mass is 569 g/mol. The number of piperazine rings is 1. The maximum Gasteiger partial charge on any atom is 0.453 e. The predicted molar refractivity (Wildman–Crippen MR) is 151 cm³/mol. The Morgan fingerprint density at radius 2 is 1.83 bits per heavy atom. The highest BCUT2D eigenvalue weighted by Gasteiger charge is 2.34. The van der Waals surface area contributed by atoms with E-state index in [0.29, 0.717) is 44.7 Å². The molecule has 1 aromatic carbocycles. The lowest BCUT2D eigenvalue weighted by Gasteiger charge is -2.42. The van der Waals surface area contributed by atoms with Gasteiger partial charge in [-0.15, -0.1) is 0 Å². The van der Waals surface area contributed by atoms with Crippen LogP contribution in [0.15, 0.2) is 42.0 Å². The maximum absolute atomic E-state index is 13.5. The number of hydrogen-bond acceptors (Lipinski definition) is 9. The molecule has 0 aliphatic carbocycles. The lowest BCUT2D eigenvalue weighted by atomic mass is 9.79. The summed E-state index contributed by atoms with van der Waals surface area (Å²) < 4.78 is 10.3. The Bertz CT molecular complexity index is 1120. The van der Waals surface area contributed by atoms with Crippen molar-refractivity contribution in [2.75, 3.05) is 46.4 Å². The van der Waals surface area contributed by atoms with Crippen LogP contribution in [0.3, 0.4) is 0 Å². The van der Waals surface area contributed by atoms with Crippen molar-refractivity contribution in [2.45, 2.75) is 57.1 Å². The van der Waals surface area contributed by atoms with E-state index >= 15 is 0 Å². The standard InChI is InChI=1S/C28H40BN5O7/c1-28(2,33-15-13-32(14-16-33)27(37)40-3)17-22(19-30)25(35)34-12-8-7-11-23(34)20-41-26(36)31-24(18-29(38)39)21-9-5-4-6-10-21/h4-6,9-10,17,23-24,38-39H,7-8,11-16,18,20H2,1-3H3,(H,31,36)/t23-,24-/m1/s1. The average molecular weight is 569 g/mol. The normalized spacial score (nSPS) is 19.1. The Hall–Kier alpha value is -3.60. The third-order valence-electron chi connectivity index (χ3n) is 7.61. The van der Waals surface area contributed by atoms with Gasteiger partial charge < -0.3 is 34.6 Å². The van der Waals surface area contributed by atoms with Crippen LogP contribution in [-0.4, -0.2) is 108 Å². The number of hydrogen-bond donors (Lipinski definition) is 3. The fourth-order valence-corrected chi connectivity index (χ4v) is 5.31. The minimum atomic E-state index is -1.62. The van der Waals surface area contributed by atoms with Crippen LogP contribution in [0.1, 0.15) is 44.7 Å². The first-order valence-corrected chi connectivity index (χ1v) is 13.9. The molecule has 2 saturated heterocycles. The van der Waals surface area contributed by atoms with Crippen molar-refractivity contribution in [3.05, 3.63) is 47.5 Å². The Balaban J connectivity index is 1.64. The van der Waals surface area contributed by atoms with Crippen molar-refractivity contribution < 1.29 is 33.9 Å². The van der Waals surface area contributed by atoms with E-state index in [1.165, 1.54) is 7.11 Å². The molecule has 1 aromatic rings. The number of nitrogens with zero attached hydrogens (tertiary/aromatic N) is 4. The van der Waals surface area contributed by atoms with Crippen molar-refractivity contribution in [3.63, 3.8) is 0 Å². The number of rotatable bonds is 9. The van der Waals surface area contributed by atoms with E-state index in [9.17, 15) is 29.7 Å². The second kappa shape index (κ2) is 14.9. The first-order chi connectivity index (χ1) is 19.6. The van der Waals surface area contributed by atoms with Crippen LogP contribution in [0.2, 0.25) is 6.32 Å². The smallest absolute Gasteiger partial charge is 0.453 e. The highest BCUT2D eigenvalue weighted by Crippen LogP contribution is 2.25. The minimum absolute atomic E-state index is 0.0165. The highest BCUT2D eigenvalue weighted by atomic mass is 16.6. The molecule has 13 heteroatoms. The topological polar surface area (TPSA) is 156 Å². The van der Waals surface area contributed by atoms with E-state index in [2.05, 4.69) is 16.3 Å². The maximum atomic E-state index is 13.5. The van der Waals surface area contributed by atoms with Crippen molar-refractivity contribution in [3.8, 4) is 6.07 Å². The van der Waals surface area contributed by atoms with Crippen LogP contribution < -0.4 is 5.32 Å². The first-order valence-electron chi connectivity index (χ1n) is 13.9. The van der Waals surface area contributed by atoms with Crippen LogP contribution in [0.5, 0.6) is 0 Å². The largest absolute Gasteiger partial charge is 0.453 e. The molecule has 2 fully saturated rings. The van der Waals surface area contributed by atoms with Crippen molar-refractivity contribution in [2.24, 2.45) is 0 Å². The Labute approximate surface area is 241 Å². The van der Waals surface area contributed by atoms with E-state index in [0.717, 1.165) is 12.8 Å². The second-order valence-electron chi connectivity index (χ2n) is 10.8. The third-order valence-corrected chi connectivity index (χ3v) is 7.61. The summed E-state index contributed by atoms with van der Waals surface area (Å²) in [4.78, 5) is 43.4. The van der Waals surface area contributed by atoms with Crippen LogP contribution in [0, 0.1) is 11.3 Å². The molecule has 2 atom stereocenters.